The lowest BCUT2D eigenvalue weighted by Gasteiger charge is -2.38. The van der Waals surface area contributed by atoms with Crippen molar-refractivity contribution in [3.05, 3.63) is 41.0 Å². The standard InChI is InChI=1S/C26H39N3O4/c1-17(2)22(16-28-11-9-18(3)10-12-28)27-24(31)23-14-19-7-8-21(30)13-20(19)15-29(23)25(32)33-26(4,5)6/h7-9,13,17,22-23,30H,10-12,14-16H2,1-6H3,(H,27,31)/t22-,23-/m1/s1. The van der Waals surface area contributed by atoms with E-state index in [4.69, 9.17) is 4.74 Å². The molecule has 0 spiro atoms. The van der Waals surface area contributed by atoms with Crippen LogP contribution < -0.4 is 5.32 Å². The molecule has 3 rings (SSSR count). The summed E-state index contributed by atoms with van der Waals surface area (Å²) in [5, 5.41) is 13.1. The smallest absolute Gasteiger partial charge is 0.411 e. The quantitative estimate of drug-likeness (QED) is 0.657. The van der Waals surface area contributed by atoms with Gasteiger partial charge in [0.2, 0.25) is 5.91 Å². The molecule has 1 aromatic rings. The first kappa shape index (κ1) is 25.1. The monoisotopic (exact) mass is 457 g/mol. The van der Waals surface area contributed by atoms with E-state index in [9.17, 15) is 14.7 Å². The van der Waals surface area contributed by atoms with Gasteiger partial charge in [-0.3, -0.25) is 14.6 Å². The van der Waals surface area contributed by atoms with Gasteiger partial charge in [0.15, 0.2) is 0 Å². The van der Waals surface area contributed by atoms with Gasteiger partial charge in [0, 0.05) is 32.1 Å². The number of carbonyl (C=O) groups is 2. The molecule has 2 heterocycles. The van der Waals surface area contributed by atoms with Gasteiger partial charge in [-0.15, -0.1) is 0 Å². The van der Waals surface area contributed by atoms with Crippen molar-refractivity contribution in [2.45, 2.75) is 78.6 Å². The summed E-state index contributed by atoms with van der Waals surface area (Å²) < 4.78 is 5.62. The molecule has 2 aliphatic rings. The fourth-order valence-corrected chi connectivity index (χ4v) is 4.28. The molecule has 0 aromatic heterocycles. The molecule has 0 saturated heterocycles. The van der Waals surface area contributed by atoms with Crippen LogP contribution >= 0.6 is 0 Å². The number of nitrogens with zero attached hydrogens (tertiary/aromatic N) is 2. The third kappa shape index (κ3) is 6.73. The predicted molar refractivity (Wildman–Crippen MR) is 129 cm³/mol. The Morgan fingerprint density at radius 1 is 1.24 bits per heavy atom. The van der Waals surface area contributed by atoms with Gasteiger partial charge in [0.05, 0.1) is 6.54 Å². The molecule has 7 heteroatoms. The highest BCUT2D eigenvalue weighted by Crippen LogP contribution is 2.28. The fraction of sp³-hybridized carbons (Fsp3) is 0.615. The number of amides is 2. The summed E-state index contributed by atoms with van der Waals surface area (Å²) in [6.07, 6.45) is 3.17. The highest BCUT2D eigenvalue weighted by atomic mass is 16.6. The minimum absolute atomic E-state index is 0.0222. The average Bonchev–Trinajstić information content (AvgIpc) is 2.72. The molecule has 0 unspecified atom stereocenters. The van der Waals surface area contributed by atoms with Gasteiger partial charge in [0.1, 0.15) is 17.4 Å². The molecule has 2 amide bonds. The van der Waals surface area contributed by atoms with Crippen molar-refractivity contribution in [2.24, 2.45) is 5.92 Å². The maximum Gasteiger partial charge on any atom is 0.411 e. The van der Waals surface area contributed by atoms with Crippen molar-refractivity contribution in [2.75, 3.05) is 19.6 Å². The minimum atomic E-state index is -0.669. The van der Waals surface area contributed by atoms with Crippen LogP contribution in [0, 0.1) is 5.92 Å². The number of phenolic OH excluding ortho intramolecular Hbond substituents is 1. The van der Waals surface area contributed by atoms with Gasteiger partial charge in [-0.05, 0) is 63.3 Å². The van der Waals surface area contributed by atoms with E-state index in [1.165, 1.54) is 10.5 Å². The van der Waals surface area contributed by atoms with Crippen LogP contribution in [0.1, 0.15) is 59.1 Å². The zero-order valence-corrected chi connectivity index (χ0v) is 20.9. The van der Waals surface area contributed by atoms with E-state index in [1.807, 2.05) is 26.8 Å². The number of benzene rings is 1. The van der Waals surface area contributed by atoms with Crippen molar-refractivity contribution < 1.29 is 19.4 Å². The number of phenols is 1. The maximum atomic E-state index is 13.5. The fourth-order valence-electron chi connectivity index (χ4n) is 4.28. The summed E-state index contributed by atoms with van der Waals surface area (Å²) in [6.45, 7) is 14.7. The summed E-state index contributed by atoms with van der Waals surface area (Å²) in [6, 6.07) is 4.43. The van der Waals surface area contributed by atoms with Crippen LogP contribution in [0.25, 0.3) is 0 Å². The van der Waals surface area contributed by atoms with Gasteiger partial charge in [-0.25, -0.2) is 4.79 Å². The van der Waals surface area contributed by atoms with E-state index < -0.39 is 17.7 Å². The van der Waals surface area contributed by atoms with Gasteiger partial charge in [-0.2, -0.15) is 0 Å². The lowest BCUT2D eigenvalue weighted by Crippen LogP contribution is -2.57. The van der Waals surface area contributed by atoms with Crippen molar-refractivity contribution >= 4 is 12.0 Å². The molecule has 0 aliphatic carbocycles. The van der Waals surface area contributed by atoms with E-state index in [1.54, 1.807) is 12.1 Å². The first-order valence-corrected chi connectivity index (χ1v) is 11.9. The Kier molecular flexibility index (Phi) is 7.73. The van der Waals surface area contributed by atoms with E-state index in [0.717, 1.165) is 37.2 Å². The van der Waals surface area contributed by atoms with Crippen LogP contribution in [-0.2, 0) is 22.5 Å². The number of aromatic hydroxyl groups is 1. The first-order chi connectivity index (χ1) is 15.4. The number of nitrogens with one attached hydrogen (secondary N) is 1. The second-order valence-electron chi connectivity index (χ2n) is 10.7. The van der Waals surface area contributed by atoms with Crippen molar-refractivity contribution in [3.8, 4) is 5.75 Å². The topological polar surface area (TPSA) is 82.1 Å². The Bertz CT molecular complexity index is 903. The molecule has 0 radical (unpaired) electrons. The van der Waals surface area contributed by atoms with Crippen LogP contribution in [-0.4, -0.2) is 64.2 Å². The molecular weight excluding hydrogens is 418 g/mol. The molecule has 1 aromatic carbocycles. The molecule has 0 fully saturated rings. The second-order valence-corrected chi connectivity index (χ2v) is 10.7. The van der Waals surface area contributed by atoms with Gasteiger partial charge in [-0.1, -0.05) is 31.6 Å². The van der Waals surface area contributed by atoms with Gasteiger partial charge in [0.25, 0.3) is 0 Å². The number of ether oxygens (including phenoxy) is 1. The minimum Gasteiger partial charge on any atom is -0.508 e. The molecular formula is C26H39N3O4. The molecule has 33 heavy (non-hydrogen) atoms. The van der Waals surface area contributed by atoms with E-state index in [-0.39, 0.29) is 30.2 Å². The predicted octanol–water partition coefficient (Wildman–Crippen LogP) is 3.85. The third-order valence-electron chi connectivity index (χ3n) is 6.36. The van der Waals surface area contributed by atoms with E-state index >= 15 is 0 Å². The van der Waals surface area contributed by atoms with Crippen molar-refractivity contribution in [1.82, 2.24) is 15.1 Å². The molecule has 182 valence electrons. The zero-order chi connectivity index (χ0) is 24.3. The summed E-state index contributed by atoms with van der Waals surface area (Å²) in [4.78, 5) is 30.4. The zero-order valence-electron chi connectivity index (χ0n) is 20.9. The van der Waals surface area contributed by atoms with Crippen LogP contribution in [0.5, 0.6) is 5.75 Å². The SMILES string of the molecule is CC1=CCN(C[C@@H](NC(=O)[C@H]2Cc3ccc(O)cc3CN2C(=O)OC(C)(C)C)C(C)C)CC1. The average molecular weight is 458 g/mol. The van der Waals surface area contributed by atoms with E-state index in [2.05, 4.69) is 37.1 Å². The number of hydrogen-bond donors (Lipinski definition) is 2. The molecule has 0 bridgehead atoms. The lowest BCUT2D eigenvalue weighted by molar-refractivity contribution is -0.128. The Labute approximate surface area is 197 Å². The van der Waals surface area contributed by atoms with Crippen LogP contribution in [0.2, 0.25) is 0 Å². The van der Waals surface area contributed by atoms with Crippen LogP contribution in [0.3, 0.4) is 0 Å². The van der Waals surface area contributed by atoms with Crippen molar-refractivity contribution in [1.29, 1.82) is 0 Å². The molecule has 7 nitrogen and oxygen atoms in total. The van der Waals surface area contributed by atoms with Crippen LogP contribution in [0.4, 0.5) is 4.79 Å². The highest BCUT2D eigenvalue weighted by molar-refractivity contribution is 5.87. The molecule has 0 saturated carbocycles. The summed E-state index contributed by atoms with van der Waals surface area (Å²) in [5.74, 6) is 0.234. The molecule has 2 N–H and O–H groups in total. The van der Waals surface area contributed by atoms with E-state index in [0.29, 0.717) is 6.42 Å². The largest absolute Gasteiger partial charge is 0.508 e. The van der Waals surface area contributed by atoms with Crippen molar-refractivity contribution in [3.63, 3.8) is 0 Å². The first-order valence-electron chi connectivity index (χ1n) is 11.9. The number of fused-ring (bicyclic) bond motifs is 1. The molecule has 2 atom stereocenters. The number of rotatable bonds is 5. The lowest BCUT2D eigenvalue weighted by atomic mass is 9.92. The Hall–Kier alpha value is -2.54. The second kappa shape index (κ2) is 10.2. The molecule has 2 aliphatic heterocycles. The number of hydrogen-bond acceptors (Lipinski definition) is 5. The summed E-state index contributed by atoms with van der Waals surface area (Å²) >= 11 is 0. The van der Waals surface area contributed by atoms with Crippen LogP contribution in [0.15, 0.2) is 29.8 Å². The van der Waals surface area contributed by atoms with Gasteiger partial charge >= 0.3 is 6.09 Å². The number of carbonyl (C=O) groups excluding carboxylic acids is 2. The third-order valence-corrected chi connectivity index (χ3v) is 6.36. The Morgan fingerprint density at radius 2 is 1.97 bits per heavy atom. The maximum absolute atomic E-state index is 13.5. The summed E-state index contributed by atoms with van der Waals surface area (Å²) in [7, 11) is 0. The Morgan fingerprint density at radius 3 is 2.58 bits per heavy atom. The Balaban J connectivity index is 1.79. The normalized spacial score (nSPS) is 20.2. The summed E-state index contributed by atoms with van der Waals surface area (Å²) in [5.41, 5.74) is 2.54. The van der Waals surface area contributed by atoms with Gasteiger partial charge < -0.3 is 15.2 Å². The highest BCUT2D eigenvalue weighted by Gasteiger charge is 2.38.